The highest BCUT2D eigenvalue weighted by molar-refractivity contribution is 5.53. The summed E-state index contributed by atoms with van der Waals surface area (Å²) in [6.07, 6.45) is 0. The molecule has 6 heteroatoms. The molecule has 0 radical (unpaired) electrons. The summed E-state index contributed by atoms with van der Waals surface area (Å²) in [5, 5.41) is 3.38. The number of hydrogen-bond acceptors (Lipinski definition) is 6. The lowest BCUT2D eigenvalue weighted by atomic mass is 9.87. The third kappa shape index (κ3) is 4.64. The fraction of sp³-hybridized carbons (Fsp3) is 0.500. The van der Waals surface area contributed by atoms with Crippen LogP contribution in [0.4, 0.5) is 17.6 Å². The molecule has 0 saturated carbocycles. The molecule has 1 aromatic carbocycles. The van der Waals surface area contributed by atoms with Crippen molar-refractivity contribution in [2.24, 2.45) is 0 Å². The van der Waals surface area contributed by atoms with Crippen molar-refractivity contribution < 1.29 is 0 Å². The number of hydrogen-bond donors (Lipinski definition) is 2. The highest BCUT2D eigenvalue weighted by Gasteiger charge is 2.17. The molecule has 140 valence electrons. The number of anilines is 3. The Hall–Kier alpha value is -2.34. The average Bonchev–Trinajstić information content (AvgIpc) is 2.60. The summed E-state index contributed by atoms with van der Waals surface area (Å²) in [6.45, 7) is 11.4. The number of nitrogen functional groups attached to an aromatic ring is 1. The van der Waals surface area contributed by atoms with Crippen molar-refractivity contribution in [3.8, 4) is 0 Å². The minimum atomic E-state index is 0.171. The molecular weight excluding hydrogens is 324 g/mol. The highest BCUT2D eigenvalue weighted by atomic mass is 15.3. The highest BCUT2D eigenvalue weighted by Crippen LogP contribution is 2.23. The fourth-order valence-electron chi connectivity index (χ4n) is 3.06. The molecule has 0 spiro atoms. The third-order valence-corrected chi connectivity index (χ3v) is 4.85. The molecule has 26 heavy (non-hydrogen) atoms. The largest absolute Gasteiger partial charge is 0.368 e. The Balaban J connectivity index is 1.66. The molecule has 1 aliphatic rings. The van der Waals surface area contributed by atoms with E-state index in [0.29, 0.717) is 12.5 Å². The van der Waals surface area contributed by atoms with Gasteiger partial charge in [0, 0.05) is 38.8 Å². The Morgan fingerprint density at radius 3 is 2.31 bits per heavy atom. The smallest absolute Gasteiger partial charge is 0.223 e. The lowest BCUT2D eigenvalue weighted by molar-refractivity contribution is 0.312. The van der Waals surface area contributed by atoms with Gasteiger partial charge in [-0.15, -0.1) is 0 Å². The molecule has 0 aliphatic carbocycles. The van der Waals surface area contributed by atoms with Crippen LogP contribution >= 0.6 is 0 Å². The molecule has 1 saturated heterocycles. The van der Waals surface area contributed by atoms with Crippen LogP contribution in [0.2, 0.25) is 0 Å². The van der Waals surface area contributed by atoms with Gasteiger partial charge in [-0.1, -0.05) is 45.0 Å². The summed E-state index contributed by atoms with van der Waals surface area (Å²) in [5.74, 6) is 1.98. The predicted molar refractivity (Wildman–Crippen MR) is 109 cm³/mol. The van der Waals surface area contributed by atoms with Gasteiger partial charge in [-0.3, -0.25) is 0 Å². The van der Waals surface area contributed by atoms with E-state index in [2.05, 4.69) is 77.2 Å². The number of nitrogens with two attached hydrogens (primary N) is 1. The van der Waals surface area contributed by atoms with Crippen LogP contribution in [0.15, 0.2) is 30.3 Å². The van der Waals surface area contributed by atoms with Gasteiger partial charge in [0.15, 0.2) is 0 Å². The zero-order valence-electron chi connectivity index (χ0n) is 16.3. The maximum Gasteiger partial charge on any atom is 0.223 e. The fourth-order valence-corrected chi connectivity index (χ4v) is 3.06. The number of aromatic nitrogens is 2. The van der Waals surface area contributed by atoms with E-state index in [1.165, 1.54) is 11.1 Å². The normalized spacial score (nSPS) is 15.9. The first-order valence-electron chi connectivity index (χ1n) is 9.22. The zero-order valence-corrected chi connectivity index (χ0v) is 16.3. The summed E-state index contributed by atoms with van der Waals surface area (Å²) in [7, 11) is 2.14. The van der Waals surface area contributed by atoms with Gasteiger partial charge in [-0.2, -0.15) is 9.97 Å². The molecule has 0 unspecified atom stereocenters. The second kappa shape index (κ2) is 7.50. The minimum absolute atomic E-state index is 0.171. The minimum Gasteiger partial charge on any atom is -0.368 e. The number of rotatable bonds is 4. The Morgan fingerprint density at radius 1 is 1.04 bits per heavy atom. The molecule has 0 amide bonds. The molecule has 2 aromatic rings. The van der Waals surface area contributed by atoms with Crippen molar-refractivity contribution in [3.05, 3.63) is 41.5 Å². The van der Waals surface area contributed by atoms with E-state index >= 15 is 0 Å². The van der Waals surface area contributed by atoms with Gasteiger partial charge in [0.1, 0.15) is 11.6 Å². The maximum absolute atomic E-state index is 5.93. The Labute approximate surface area is 156 Å². The first-order valence-corrected chi connectivity index (χ1v) is 9.22. The van der Waals surface area contributed by atoms with Crippen LogP contribution in [-0.4, -0.2) is 48.1 Å². The second-order valence-corrected chi connectivity index (χ2v) is 8.06. The standard InChI is InChI=1S/C20H30N6/c1-20(2,3)16-7-5-15(6-8-16)14-22-17-13-18(24-19(21)23-17)26-11-9-25(4)10-12-26/h5-8,13H,9-12,14H2,1-4H3,(H3,21,22,23,24). The van der Waals surface area contributed by atoms with Crippen molar-refractivity contribution >= 4 is 17.6 Å². The molecular formula is C20H30N6. The van der Waals surface area contributed by atoms with Crippen LogP contribution in [0, 0.1) is 0 Å². The summed E-state index contributed by atoms with van der Waals surface area (Å²) in [5.41, 5.74) is 8.66. The number of nitrogens with zero attached hydrogens (tertiary/aromatic N) is 4. The SMILES string of the molecule is CN1CCN(c2cc(NCc3ccc(C(C)(C)C)cc3)nc(N)n2)CC1. The summed E-state index contributed by atoms with van der Waals surface area (Å²) >= 11 is 0. The van der Waals surface area contributed by atoms with Crippen LogP contribution < -0.4 is 16.0 Å². The van der Waals surface area contributed by atoms with Crippen LogP contribution in [0.3, 0.4) is 0 Å². The van der Waals surface area contributed by atoms with E-state index in [1.54, 1.807) is 0 Å². The number of benzene rings is 1. The van der Waals surface area contributed by atoms with Crippen LogP contribution in [-0.2, 0) is 12.0 Å². The van der Waals surface area contributed by atoms with Gasteiger partial charge in [0.05, 0.1) is 0 Å². The van der Waals surface area contributed by atoms with Crippen LogP contribution in [0.5, 0.6) is 0 Å². The van der Waals surface area contributed by atoms with E-state index in [-0.39, 0.29) is 5.41 Å². The van der Waals surface area contributed by atoms with Crippen molar-refractivity contribution in [1.82, 2.24) is 14.9 Å². The number of likely N-dealkylation sites (N-methyl/N-ethyl adjacent to an activating group) is 1. The summed E-state index contributed by atoms with van der Waals surface area (Å²) < 4.78 is 0. The molecule has 0 atom stereocenters. The van der Waals surface area contributed by atoms with Crippen molar-refractivity contribution in [3.63, 3.8) is 0 Å². The van der Waals surface area contributed by atoms with Gasteiger partial charge in [-0.25, -0.2) is 0 Å². The van der Waals surface area contributed by atoms with E-state index < -0.39 is 0 Å². The van der Waals surface area contributed by atoms with Gasteiger partial charge < -0.3 is 20.9 Å². The quantitative estimate of drug-likeness (QED) is 0.880. The number of nitrogens with one attached hydrogen (secondary N) is 1. The molecule has 1 aromatic heterocycles. The molecule has 3 N–H and O–H groups in total. The van der Waals surface area contributed by atoms with Crippen LogP contribution in [0.1, 0.15) is 31.9 Å². The van der Waals surface area contributed by atoms with Gasteiger partial charge in [0.2, 0.25) is 5.95 Å². The Kier molecular flexibility index (Phi) is 5.32. The monoisotopic (exact) mass is 354 g/mol. The lowest BCUT2D eigenvalue weighted by Gasteiger charge is -2.33. The van der Waals surface area contributed by atoms with E-state index in [4.69, 9.17) is 5.73 Å². The number of piperazine rings is 1. The molecule has 3 rings (SSSR count). The molecule has 1 fully saturated rings. The van der Waals surface area contributed by atoms with Crippen molar-refractivity contribution in [2.75, 3.05) is 49.2 Å². The third-order valence-electron chi connectivity index (χ3n) is 4.85. The Bertz CT molecular complexity index is 727. The topological polar surface area (TPSA) is 70.3 Å². The van der Waals surface area contributed by atoms with Gasteiger partial charge >= 0.3 is 0 Å². The van der Waals surface area contributed by atoms with Crippen LogP contribution in [0.25, 0.3) is 0 Å². The van der Waals surface area contributed by atoms with Crippen molar-refractivity contribution in [1.29, 1.82) is 0 Å². The van der Waals surface area contributed by atoms with Gasteiger partial charge in [0.25, 0.3) is 0 Å². The van der Waals surface area contributed by atoms with E-state index in [1.807, 2.05) is 6.07 Å². The van der Waals surface area contributed by atoms with Gasteiger partial charge in [-0.05, 0) is 23.6 Å². The van der Waals surface area contributed by atoms with Crippen molar-refractivity contribution in [2.45, 2.75) is 32.7 Å². The zero-order chi connectivity index (χ0) is 18.7. The first-order chi connectivity index (χ1) is 12.3. The van der Waals surface area contributed by atoms with E-state index in [0.717, 1.165) is 37.8 Å². The lowest BCUT2D eigenvalue weighted by Crippen LogP contribution is -2.44. The second-order valence-electron chi connectivity index (χ2n) is 8.06. The predicted octanol–water partition coefficient (Wildman–Crippen LogP) is 2.72. The molecule has 2 heterocycles. The average molecular weight is 355 g/mol. The van der Waals surface area contributed by atoms with E-state index in [9.17, 15) is 0 Å². The molecule has 0 bridgehead atoms. The molecule has 1 aliphatic heterocycles. The first kappa shape index (κ1) is 18.5. The summed E-state index contributed by atoms with van der Waals surface area (Å²) in [6, 6.07) is 10.7. The summed E-state index contributed by atoms with van der Waals surface area (Å²) in [4.78, 5) is 13.3. The maximum atomic E-state index is 5.93. The molecule has 6 nitrogen and oxygen atoms in total. The Morgan fingerprint density at radius 2 is 1.69 bits per heavy atom.